The number of benzene rings is 3. The van der Waals surface area contributed by atoms with Gasteiger partial charge in [-0.15, -0.1) is 0 Å². The first kappa shape index (κ1) is 32.7. The number of carboxylic acids is 1. The topological polar surface area (TPSA) is 99.1 Å². The van der Waals surface area contributed by atoms with E-state index in [0.29, 0.717) is 27.2 Å². The third kappa shape index (κ3) is 7.59. The van der Waals surface area contributed by atoms with Crippen LogP contribution in [0.15, 0.2) is 71.7 Å². The van der Waals surface area contributed by atoms with Crippen molar-refractivity contribution in [2.24, 2.45) is 10.9 Å². The first-order valence-electron chi connectivity index (χ1n) is 15.7. The van der Waals surface area contributed by atoms with E-state index in [1.807, 2.05) is 53.4 Å². The van der Waals surface area contributed by atoms with Gasteiger partial charge in [-0.25, -0.2) is 0 Å². The molecule has 3 aromatic carbocycles. The van der Waals surface area contributed by atoms with Gasteiger partial charge in [0.25, 0.3) is 11.8 Å². The molecule has 236 valence electrons. The molecule has 2 aliphatic rings. The second-order valence-corrected chi connectivity index (χ2v) is 13.3. The number of aliphatic carboxylic acids is 1. The van der Waals surface area contributed by atoms with Crippen molar-refractivity contribution < 1.29 is 19.5 Å². The second-order valence-electron chi connectivity index (χ2n) is 12.4. The minimum absolute atomic E-state index is 0.0612. The average molecular weight is 649 g/mol. The molecule has 2 N–H and O–H groups in total. The number of rotatable bonds is 11. The van der Waals surface area contributed by atoms with Crippen molar-refractivity contribution in [3.05, 3.63) is 93.5 Å². The van der Waals surface area contributed by atoms with Gasteiger partial charge in [0.15, 0.2) is 0 Å². The van der Waals surface area contributed by atoms with Crippen LogP contribution < -0.4 is 5.32 Å². The molecular formula is C36H39Cl2N3O4. The highest BCUT2D eigenvalue weighted by molar-refractivity contribution is 6.46. The van der Waals surface area contributed by atoms with E-state index in [1.165, 1.54) is 0 Å². The van der Waals surface area contributed by atoms with Crippen LogP contribution in [0.25, 0.3) is 11.1 Å². The van der Waals surface area contributed by atoms with E-state index in [1.54, 1.807) is 18.2 Å². The van der Waals surface area contributed by atoms with Gasteiger partial charge in [-0.05, 0) is 91.5 Å². The number of hydrogen-bond donors (Lipinski definition) is 2. The Morgan fingerprint density at radius 2 is 1.51 bits per heavy atom. The van der Waals surface area contributed by atoms with E-state index >= 15 is 0 Å². The normalized spacial score (nSPS) is 16.6. The Balaban J connectivity index is 1.46. The molecule has 1 saturated carbocycles. The zero-order valence-electron chi connectivity index (χ0n) is 25.7. The molecular weight excluding hydrogens is 609 g/mol. The predicted molar refractivity (Wildman–Crippen MR) is 179 cm³/mol. The van der Waals surface area contributed by atoms with Gasteiger partial charge in [0.05, 0.1) is 12.5 Å². The Morgan fingerprint density at radius 1 is 0.889 bits per heavy atom. The highest BCUT2D eigenvalue weighted by Gasteiger charge is 2.50. The van der Waals surface area contributed by atoms with E-state index in [4.69, 9.17) is 33.3 Å². The first-order chi connectivity index (χ1) is 21.6. The van der Waals surface area contributed by atoms with Gasteiger partial charge in [-0.3, -0.25) is 19.4 Å². The van der Waals surface area contributed by atoms with Gasteiger partial charge in [0.1, 0.15) is 11.4 Å². The molecule has 1 fully saturated rings. The Labute approximate surface area is 274 Å². The molecule has 0 bridgehead atoms. The number of halogens is 2. The van der Waals surface area contributed by atoms with Crippen LogP contribution in [0.5, 0.6) is 0 Å². The largest absolute Gasteiger partial charge is 0.481 e. The quantitative estimate of drug-likeness (QED) is 0.218. The van der Waals surface area contributed by atoms with Gasteiger partial charge >= 0.3 is 5.97 Å². The summed E-state index contributed by atoms with van der Waals surface area (Å²) >= 11 is 12.5. The van der Waals surface area contributed by atoms with Crippen molar-refractivity contribution >= 4 is 46.7 Å². The van der Waals surface area contributed by atoms with Crippen LogP contribution in [0.2, 0.25) is 10.0 Å². The molecule has 5 rings (SSSR count). The summed E-state index contributed by atoms with van der Waals surface area (Å²) in [5, 5.41) is 12.7. The Kier molecular flexibility index (Phi) is 10.3. The monoisotopic (exact) mass is 647 g/mol. The minimum Gasteiger partial charge on any atom is -0.481 e. The number of carbonyl (C=O) groups excluding carboxylic acids is 2. The van der Waals surface area contributed by atoms with Crippen molar-refractivity contribution in [3.8, 4) is 11.1 Å². The summed E-state index contributed by atoms with van der Waals surface area (Å²) in [6, 6.07) is 20.4. The number of hydrogen-bond acceptors (Lipinski definition) is 4. The van der Waals surface area contributed by atoms with E-state index < -0.39 is 11.6 Å². The van der Waals surface area contributed by atoms with E-state index in [0.717, 1.165) is 67.2 Å². The van der Waals surface area contributed by atoms with Gasteiger partial charge in [-0.1, -0.05) is 79.9 Å². The third-order valence-electron chi connectivity index (χ3n) is 8.71. The first-order valence-corrected chi connectivity index (χ1v) is 16.4. The van der Waals surface area contributed by atoms with Crippen molar-refractivity contribution in [1.82, 2.24) is 10.2 Å². The molecule has 7 nitrogen and oxygen atoms in total. The van der Waals surface area contributed by atoms with Crippen molar-refractivity contribution in [2.45, 2.75) is 76.9 Å². The number of aliphatic imine (C=N–C) groups is 1. The van der Waals surface area contributed by atoms with Crippen LogP contribution in [-0.2, 0) is 9.59 Å². The lowest BCUT2D eigenvalue weighted by Crippen LogP contribution is -2.50. The van der Waals surface area contributed by atoms with E-state index in [-0.39, 0.29) is 30.8 Å². The summed E-state index contributed by atoms with van der Waals surface area (Å²) in [6.07, 6.45) is 6.30. The lowest BCUT2D eigenvalue weighted by Gasteiger charge is -2.44. The molecule has 0 radical (unpaired) electrons. The molecule has 0 saturated heterocycles. The molecule has 2 amide bonds. The molecule has 0 aromatic heterocycles. The molecule has 9 heteroatoms. The molecule has 1 spiro atoms. The summed E-state index contributed by atoms with van der Waals surface area (Å²) < 4.78 is 0. The van der Waals surface area contributed by atoms with Crippen molar-refractivity contribution in [3.63, 3.8) is 0 Å². The second kappa shape index (κ2) is 14.2. The van der Waals surface area contributed by atoms with Gasteiger partial charge in [0.2, 0.25) is 0 Å². The summed E-state index contributed by atoms with van der Waals surface area (Å²) in [5.74, 6) is -0.912. The van der Waals surface area contributed by atoms with Crippen LogP contribution in [0.4, 0.5) is 0 Å². The average Bonchev–Trinajstić information content (AvgIpc) is 3.28. The lowest BCUT2D eigenvalue weighted by atomic mass is 9.85. The van der Waals surface area contributed by atoms with Crippen molar-refractivity contribution in [1.29, 1.82) is 0 Å². The van der Waals surface area contributed by atoms with E-state index in [2.05, 4.69) is 19.2 Å². The zero-order chi connectivity index (χ0) is 32.1. The molecule has 1 aliphatic heterocycles. The van der Waals surface area contributed by atoms with Gasteiger partial charge in [0, 0.05) is 27.7 Å². The Bertz CT molecular complexity index is 1560. The number of carboxylic acid groups (broad SMARTS) is 1. The summed E-state index contributed by atoms with van der Waals surface area (Å²) in [4.78, 5) is 45.2. The highest BCUT2D eigenvalue weighted by atomic mass is 35.5. The van der Waals surface area contributed by atoms with Crippen LogP contribution >= 0.6 is 23.2 Å². The number of carbonyl (C=O) groups is 3. The lowest BCUT2D eigenvalue weighted by molar-refractivity contribution is -0.137. The molecule has 45 heavy (non-hydrogen) atoms. The van der Waals surface area contributed by atoms with Gasteiger partial charge in [-0.2, -0.15) is 0 Å². The Morgan fingerprint density at radius 3 is 2.11 bits per heavy atom. The Hall–Kier alpha value is -3.68. The fourth-order valence-corrected chi connectivity index (χ4v) is 6.95. The summed E-state index contributed by atoms with van der Waals surface area (Å²) in [6.45, 7) is 4.42. The summed E-state index contributed by atoms with van der Waals surface area (Å²) in [5.41, 5.74) is 3.90. The number of nitrogens with zero attached hydrogens (tertiary/aromatic N) is 2. The van der Waals surface area contributed by atoms with E-state index in [9.17, 15) is 14.4 Å². The van der Waals surface area contributed by atoms with Crippen LogP contribution in [0.1, 0.15) is 92.7 Å². The maximum atomic E-state index is 14.5. The molecule has 1 heterocycles. The number of amides is 2. The van der Waals surface area contributed by atoms with Crippen LogP contribution in [-0.4, -0.2) is 45.7 Å². The fraction of sp³-hybridized carbons (Fsp3) is 0.389. The van der Waals surface area contributed by atoms with Crippen molar-refractivity contribution in [2.75, 3.05) is 6.54 Å². The summed E-state index contributed by atoms with van der Waals surface area (Å²) in [7, 11) is 0. The SMILES string of the molecule is CC(C)CCC(c1ccc(C(=O)NCCC(=O)O)cc1)N1C(=O)C(c2ccc(-c3cc(Cl)cc(Cl)c3)cc2)=NC12CCCCC2. The molecule has 1 aliphatic carbocycles. The fourth-order valence-electron chi connectivity index (χ4n) is 6.42. The highest BCUT2D eigenvalue weighted by Crippen LogP contribution is 2.46. The molecule has 1 atom stereocenters. The maximum Gasteiger partial charge on any atom is 0.305 e. The smallest absolute Gasteiger partial charge is 0.305 e. The molecule has 3 aromatic rings. The standard InChI is InChI=1S/C36H39Cl2N3O4/c1-23(2)6-15-31(25-9-13-27(14-10-25)34(44)39-19-16-32(42)43)41-35(45)33(40-36(41)17-4-3-5-18-36)26-11-7-24(8-12-26)28-20-29(37)22-30(38)21-28/h7-14,20-23,31H,3-6,15-19H2,1-2H3,(H,39,44)(H,42,43). The van der Waals surface area contributed by atoms with Crippen LogP contribution in [0.3, 0.4) is 0 Å². The minimum atomic E-state index is -0.964. The van der Waals surface area contributed by atoms with Crippen LogP contribution in [0, 0.1) is 5.92 Å². The predicted octanol–water partition coefficient (Wildman–Crippen LogP) is 8.33. The van der Waals surface area contributed by atoms with Gasteiger partial charge < -0.3 is 15.3 Å². The maximum absolute atomic E-state index is 14.5. The molecule has 1 unspecified atom stereocenters. The third-order valence-corrected chi connectivity index (χ3v) is 9.15. The zero-order valence-corrected chi connectivity index (χ0v) is 27.2. The number of nitrogens with one attached hydrogen (secondary N) is 1.